The molecule has 1 aromatic heterocycles. The molecule has 38 heavy (non-hydrogen) atoms. The second-order valence-corrected chi connectivity index (χ2v) is 11.2. The van der Waals surface area contributed by atoms with Crippen LogP contribution in [0.25, 0.3) is 22.3 Å². The second-order valence-electron chi connectivity index (χ2n) is 9.53. The lowest BCUT2D eigenvalue weighted by Gasteiger charge is -2.17. The van der Waals surface area contributed by atoms with Gasteiger partial charge in [-0.2, -0.15) is 9.78 Å². The van der Waals surface area contributed by atoms with Crippen molar-refractivity contribution in [3.8, 4) is 22.9 Å². The topological polar surface area (TPSA) is 65.7 Å². The molecule has 0 fully saturated rings. The number of ether oxygens (including phenoxy) is 2. The van der Waals surface area contributed by atoms with Gasteiger partial charge in [0.2, 0.25) is 0 Å². The Hall–Kier alpha value is -2.97. The molecule has 3 aromatic carbocycles. The molecule has 0 unspecified atom stereocenters. The quantitative estimate of drug-likeness (QED) is 0.183. The number of rotatable bonds is 8. The summed E-state index contributed by atoms with van der Waals surface area (Å²) < 4.78 is 14.6. The van der Waals surface area contributed by atoms with Gasteiger partial charge in [-0.15, -0.1) is 0 Å². The molecule has 8 heteroatoms. The molecule has 0 radical (unpaired) electrons. The summed E-state index contributed by atoms with van der Waals surface area (Å²) in [5.74, 6) is 2.24. The summed E-state index contributed by atoms with van der Waals surface area (Å²) in [5, 5.41) is 5.16. The molecule has 0 saturated carbocycles. The van der Waals surface area contributed by atoms with Crippen molar-refractivity contribution >= 4 is 49.0 Å². The van der Waals surface area contributed by atoms with Gasteiger partial charge in [-0.05, 0) is 111 Å². The number of methoxy groups -OCH3 is 1. The van der Waals surface area contributed by atoms with E-state index in [2.05, 4.69) is 63.8 Å². The monoisotopic (exact) mass is 639 g/mol. The highest BCUT2D eigenvalue weighted by atomic mass is 79.9. The standard InChI is InChI=1S/C30H31Br2N3O3/c1-7-19(5)38-28-24(31)13-20(14-25(28)32)16-33-35-29(34-26-11-9-8-10-21(26)30(35)36)23-15-22(17(2)3)27(37-6)12-18(23)4/h8-17,19H,7H2,1-6H3/t19-/m1/s1. The average Bonchev–Trinajstić information content (AvgIpc) is 2.89. The summed E-state index contributed by atoms with van der Waals surface area (Å²) in [6, 6.07) is 15.2. The van der Waals surface area contributed by atoms with E-state index in [1.54, 1.807) is 19.4 Å². The smallest absolute Gasteiger partial charge is 0.282 e. The van der Waals surface area contributed by atoms with E-state index in [1.807, 2.05) is 50.2 Å². The molecular weight excluding hydrogens is 610 g/mol. The number of aromatic nitrogens is 2. The first-order valence-corrected chi connectivity index (χ1v) is 14.1. The molecule has 6 nitrogen and oxygen atoms in total. The fourth-order valence-corrected chi connectivity index (χ4v) is 5.56. The number of nitrogens with zero attached hydrogens (tertiary/aromatic N) is 3. The maximum absolute atomic E-state index is 13.7. The van der Waals surface area contributed by atoms with Crippen LogP contribution in [0.4, 0.5) is 0 Å². The Kier molecular flexibility index (Phi) is 8.73. The average molecular weight is 641 g/mol. The fraction of sp³-hybridized carbons (Fsp3) is 0.300. The first kappa shape index (κ1) is 28.0. The molecular formula is C30H31Br2N3O3. The Morgan fingerprint density at radius 3 is 2.39 bits per heavy atom. The third-order valence-electron chi connectivity index (χ3n) is 6.43. The third kappa shape index (κ3) is 5.71. The fourth-order valence-electron chi connectivity index (χ4n) is 4.15. The van der Waals surface area contributed by atoms with Crippen LogP contribution in [0.3, 0.4) is 0 Å². The Labute approximate surface area is 240 Å². The molecule has 0 amide bonds. The molecule has 0 aliphatic carbocycles. The zero-order valence-electron chi connectivity index (χ0n) is 22.4. The van der Waals surface area contributed by atoms with Crippen molar-refractivity contribution in [2.45, 2.75) is 53.1 Å². The molecule has 0 aliphatic rings. The molecule has 4 rings (SSSR count). The van der Waals surface area contributed by atoms with Crippen molar-refractivity contribution in [1.29, 1.82) is 0 Å². The van der Waals surface area contributed by atoms with Gasteiger partial charge in [0.15, 0.2) is 5.82 Å². The minimum atomic E-state index is -0.238. The SMILES string of the molecule is CC[C@@H](C)Oc1c(Br)cc(C=Nn2c(-c3cc(C(C)C)c(OC)cc3C)nc3ccccc3c2=O)cc1Br. The minimum Gasteiger partial charge on any atom is -0.496 e. The molecule has 0 aliphatic heterocycles. The number of para-hydroxylation sites is 1. The van der Waals surface area contributed by atoms with Crippen LogP contribution in [0.2, 0.25) is 0 Å². The lowest BCUT2D eigenvalue weighted by atomic mass is 9.96. The van der Waals surface area contributed by atoms with E-state index in [0.29, 0.717) is 16.7 Å². The van der Waals surface area contributed by atoms with Gasteiger partial charge >= 0.3 is 0 Å². The molecule has 0 bridgehead atoms. The van der Waals surface area contributed by atoms with E-state index in [-0.39, 0.29) is 17.6 Å². The highest BCUT2D eigenvalue weighted by Crippen LogP contribution is 2.36. The van der Waals surface area contributed by atoms with Crippen LogP contribution >= 0.6 is 31.9 Å². The first-order chi connectivity index (χ1) is 18.1. The van der Waals surface area contributed by atoms with E-state index in [1.165, 1.54) is 4.68 Å². The van der Waals surface area contributed by atoms with Crippen LogP contribution in [0, 0.1) is 6.92 Å². The van der Waals surface area contributed by atoms with Crippen molar-refractivity contribution in [2.24, 2.45) is 5.10 Å². The van der Waals surface area contributed by atoms with E-state index in [0.717, 1.165) is 49.1 Å². The molecule has 0 N–H and O–H groups in total. The zero-order valence-corrected chi connectivity index (χ0v) is 25.6. The van der Waals surface area contributed by atoms with Gasteiger partial charge in [0.25, 0.3) is 5.56 Å². The van der Waals surface area contributed by atoms with Crippen LogP contribution in [0.5, 0.6) is 11.5 Å². The zero-order chi connectivity index (χ0) is 27.6. The largest absolute Gasteiger partial charge is 0.496 e. The summed E-state index contributed by atoms with van der Waals surface area (Å²) in [5.41, 5.74) is 3.98. The van der Waals surface area contributed by atoms with Crippen molar-refractivity contribution in [2.75, 3.05) is 7.11 Å². The van der Waals surface area contributed by atoms with Gasteiger partial charge in [-0.25, -0.2) is 4.98 Å². The van der Waals surface area contributed by atoms with Crippen LogP contribution < -0.4 is 15.0 Å². The van der Waals surface area contributed by atoms with Gasteiger partial charge in [-0.1, -0.05) is 32.9 Å². The first-order valence-electron chi connectivity index (χ1n) is 12.5. The van der Waals surface area contributed by atoms with Gasteiger partial charge in [0.1, 0.15) is 11.5 Å². The van der Waals surface area contributed by atoms with E-state index in [9.17, 15) is 4.79 Å². The molecule has 4 aromatic rings. The van der Waals surface area contributed by atoms with Crippen molar-refractivity contribution in [3.63, 3.8) is 0 Å². The molecule has 0 spiro atoms. The lowest BCUT2D eigenvalue weighted by molar-refractivity contribution is 0.214. The molecule has 198 valence electrons. The Balaban J connectivity index is 1.90. The summed E-state index contributed by atoms with van der Waals surface area (Å²) in [7, 11) is 1.67. The van der Waals surface area contributed by atoms with Crippen LogP contribution in [-0.2, 0) is 0 Å². The summed E-state index contributed by atoms with van der Waals surface area (Å²) in [6.45, 7) is 10.3. The number of halogens is 2. The highest BCUT2D eigenvalue weighted by Gasteiger charge is 2.18. The summed E-state index contributed by atoms with van der Waals surface area (Å²) in [6.07, 6.45) is 2.63. The molecule has 1 heterocycles. The maximum Gasteiger partial charge on any atom is 0.282 e. The third-order valence-corrected chi connectivity index (χ3v) is 7.61. The highest BCUT2D eigenvalue weighted by molar-refractivity contribution is 9.11. The number of hydrogen-bond donors (Lipinski definition) is 0. The lowest BCUT2D eigenvalue weighted by Crippen LogP contribution is -2.20. The van der Waals surface area contributed by atoms with Crippen molar-refractivity contribution in [3.05, 3.63) is 84.5 Å². The number of benzene rings is 3. The van der Waals surface area contributed by atoms with Gasteiger partial charge in [0, 0.05) is 5.56 Å². The molecule has 0 saturated heterocycles. The predicted molar refractivity (Wildman–Crippen MR) is 162 cm³/mol. The van der Waals surface area contributed by atoms with E-state index in [4.69, 9.17) is 14.5 Å². The van der Waals surface area contributed by atoms with Gasteiger partial charge < -0.3 is 9.47 Å². The van der Waals surface area contributed by atoms with Crippen LogP contribution in [0.1, 0.15) is 56.7 Å². The maximum atomic E-state index is 13.7. The molecule has 1 atom stereocenters. The Morgan fingerprint density at radius 1 is 1.08 bits per heavy atom. The van der Waals surface area contributed by atoms with Crippen LogP contribution in [0.15, 0.2) is 67.4 Å². The number of hydrogen-bond acceptors (Lipinski definition) is 5. The number of fused-ring (bicyclic) bond motifs is 1. The second kappa shape index (κ2) is 11.8. The van der Waals surface area contributed by atoms with Gasteiger partial charge in [-0.3, -0.25) is 4.79 Å². The van der Waals surface area contributed by atoms with Crippen LogP contribution in [-0.4, -0.2) is 29.1 Å². The normalized spacial score (nSPS) is 12.4. The Morgan fingerprint density at radius 2 is 1.76 bits per heavy atom. The predicted octanol–water partition coefficient (Wildman–Crippen LogP) is 8.09. The Bertz CT molecular complexity index is 1550. The van der Waals surface area contributed by atoms with Crippen molar-refractivity contribution in [1.82, 2.24) is 9.66 Å². The minimum absolute atomic E-state index is 0.0791. The summed E-state index contributed by atoms with van der Waals surface area (Å²) >= 11 is 7.23. The van der Waals surface area contributed by atoms with E-state index < -0.39 is 0 Å². The number of aryl methyl sites for hydroxylation is 1. The van der Waals surface area contributed by atoms with Crippen molar-refractivity contribution < 1.29 is 9.47 Å². The van der Waals surface area contributed by atoms with Gasteiger partial charge in [0.05, 0.1) is 39.3 Å². The summed E-state index contributed by atoms with van der Waals surface area (Å²) in [4.78, 5) is 18.6. The van der Waals surface area contributed by atoms with E-state index >= 15 is 0 Å².